The normalized spacial score (nSPS) is 14.0. The Hall–Kier alpha value is -2.32. The Bertz CT molecular complexity index is 914. The number of thioether (sulfide) groups is 1. The maximum Gasteiger partial charge on any atom is 0.240 e. The lowest BCUT2D eigenvalue weighted by Gasteiger charge is -2.28. The highest BCUT2D eigenvalue weighted by molar-refractivity contribution is 8.00. The van der Waals surface area contributed by atoms with Crippen LogP contribution < -0.4 is 10.2 Å². The molecule has 0 unspecified atom stereocenters. The van der Waals surface area contributed by atoms with E-state index in [1.54, 1.807) is 24.3 Å². The van der Waals surface area contributed by atoms with Crippen molar-refractivity contribution in [3.63, 3.8) is 0 Å². The summed E-state index contributed by atoms with van der Waals surface area (Å²) in [5.74, 6) is -0.431. The second-order valence-corrected chi connectivity index (χ2v) is 8.84. The number of hydrogen-bond acceptors (Lipinski definition) is 5. The van der Waals surface area contributed by atoms with E-state index in [0.29, 0.717) is 5.69 Å². The number of nitrogens with one attached hydrogen (secondary N) is 1. The molecule has 1 aliphatic heterocycles. The van der Waals surface area contributed by atoms with Crippen LogP contribution in [0.4, 0.5) is 5.69 Å². The third-order valence-corrected chi connectivity index (χ3v) is 6.68. The van der Waals surface area contributed by atoms with Gasteiger partial charge in [-0.2, -0.15) is 0 Å². The zero-order chi connectivity index (χ0) is 18.6. The van der Waals surface area contributed by atoms with Crippen LogP contribution in [-0.2, 0) is 19.4 Å². The Labute approximate surface area is 156 Å². The molecule has 6 nitrogen and oxygen atoms in total. The summed E-state index contributed by atoms with van der Waals surface area (Å²) in [6, 6.07) is 15.5. The molecule has 1 N–H and O–H groups in total. The minimum Gasteiger partial charge on any atom is -0.354 e. The molecule has 2 aromatic rings. The molecule has 0 aliphatic carbocycles. The second kappa shape index (κ2) is 7.92. The molecular formula is C18H18N2O4S2. The fraction of sp³-hybridized carbons (Fsp3) is 0.222. The first-order chi connectivity index (χ1) is 12.5. The summed E-state index contributed by atoms with van der Waals surface area (Å²) in [6.45, 7) is -0.129. The van der Waals surface area contributed by atoms with Crippen molar-refractivity contribution in [3.8, 4) is 0 Å². The molecular weight excluding hydrogens is 372 g/mol. The molecule has 0 aromatic heterocycles. The number of carbonyl (C=O) groups is 2. The highest BCUT2D eigenvalue weighted by Gasteiger charge is 2.26. The van der Waals surface area contributed by atoms with E-state index < -0.39 is 9.84 Å². The van der Waals surface area contributed by atoms with E-state index in [4.69, 9.17) is 0 Å². The van der Waals surface area contributed by atoms with E-state index in [1.165, 1.54) is 28.8 Å². The molecule has 0 saturated carbocycles. The predicted molar refractivity (Wildman–Crippen MR) is 101 cm³/mol. The van der Waals surface area contributed by atoms with Gasteiger partial charge in [0, 0.05) is 11.4 Å². The first kappa shape index (κ1) is 18.5. The van der Waals surface area contributed by atoms with E-state index in [9.17, 15) is 18.0 Å². The molecule has 0 atom stereocenters. The highest BCUT2D eigenvalue weighted by atomic mass is 32.2. The smallest absolute Gasteiger partial charge is 0.240 e. The van der Waals surface area contributed by atoms with Gasteiger partial charge in [-0.15, -0.1) is 11.8 Å². The zero-order valence-electron chi connectivity index (χ0n) is 13.9. The molecule has 1 heterocycles. The molecule has 8 heteroatoms. The number of fused-ring (bicyclic) bond motifs is 1. The van der Waals surface area contributed by atoms with Crippen LogP contribution in [0.5, 0.6) is 0 Å². The third kappa shape index (κ3) is 4.25. The number of benzene rings is 2. The predicted octanol–water partition coefficient (Wildman–Crippen LogP) is 1.72. The minimum absolute atomic E-state index is 0.00547. The van der Waals surface area contributed by atoms with Gasteiger partial charge in [-0.3, -0.25) is 9.59 Å². The molecule has 0 spiro atoms. The number of rotatable bonds is 6. The van der Waals surface area contributed by atoms with Crippen LogP contribution in [0.15, 0.2) is 64.4 Å². The van der Waals surface area contributed by atoms with Gasteiger partial charge in [0.2, 0.25) is 11.8 Å². The van der Waals surface area contributed by atoms with Gasteiger partial charge in [-0.25, -0.2) is 8.42 Å². The van der Waals surface area contributed by atoms with Gasteiger partial charge in [-0.1, -0.05) is 30.3 Å². The lowest BCUT2D eigenvalue weighted by atomic mass is 10.2. The quantitative estimate of drug-likeness (QED) is 0.812. The monoisotopic (exact) mass is 390 g/mol. The van der Waals surface area contributed by atoms with Gasteiger partial charge in [-0.05, 0) is 24.3 Å². The zero-order valence-corrected chi connectivity index (χ0v) is 15.6. The maximum absolute atomic E-state index is 12.2. The minimum atomic E-state index is -3.45. The molecule has 2 amide bonds. The van der Waals surface area contributed by atoms with Gasteiger partial charge in [0.25, 0.3) is 0 Å². The third-order valence-electron chi connectivity index (χ3n) is 3.91. The van der Waals surface area contributed by atoms with Crippen LogP contribution in [0.1, 0.15) is 0 Å². The summed E-state index contributed by atoms with van der Waals surface area (Å²) < 4.78 is 24.4. The van der Waals surface area contributed by atoms with Crippen molar-refractivity contribution in [1.82, 2.24) is 5.32 Å². The van der Waals surface area contributed by atoms with Crippen LogP contribution in [0.2, 0.25) is 0 Å². The summed E-state index contributed by atoms with van der Waals surface area (Å²) in [5, 5.41) is 2.59. The highest BCUT2D eigenvalue weighted by Crippen LogP contribution is 2.34. The summed E-state index contributed by atoms with van der Waals surface area (Å²) >= 11 is 1.44. The lowest BCUT2D eigenvalue weighted by molar-refractivity contribution is -0.122. The van der Waals surface area contributed by atoms with Crippen molar-refractivity contribution in [2.24, 2.45) is 0 Å². The molecule has 2 aromatic carbocycles. The van der Waals surface area contributed by atoms with E-state index in [1.807, 2.05) is 18.2 Å². The van der Waals surface area contributed by atoms with Crippen LogP contribution in [-0.4, -0.2) is 44.8 Å². The maximum atomic E-state index is 12.2. The SMILES string of the molecule is O=C(CN1C(=O)CSc2ccccc21)NCCS(=O)(=O)c1ccccc1. The number of amides is 2. The molecule has 3 rings (SSSR count). The molecule has 0 fully saturated rings. The molecule has 136 valence electrons. The van der Waals surface area contributed by atoms with Gasteiger partial charge in [0.05, 0.1) is 22.1 Å². The Morgan fingerprint density at radius 1 is 1.08 bits per heavy atom. The number of nitrogens with zero attached hydrogens (tertiary/aromatic N) is 1. The standard InChI is InChI=1S/C18H18N2O4S2/c21-17(19-10-11-26(23,24)14-6-2-1-3-7-14)12-20-15-8-4-5-9-16(15)25-13-18(20)22/h1-9H,10-13H2,(H,19,21). The molecule has 26 heavy (non-hydrogen) atoms. The molecule has 0 bridgehead atoms. The Morgan fingerprint density at radius 2 is 1.77 bits per heavy atom. The largest absolute Gasteiger partial charge is 0.354 e. The second-order valence-electron chi connectivity index (χ2n) is 5.72. The van der Waals surface area contributed by atoms with Crippen molar-refractivity contribution in [3.05, 3.63) is 54.6 Å². The summed E-state index contributed by atoms with van der Waals surface area (Å²) in [7, 11) is -3.45. The van der Waals surface area contributed by atoms with E-state index in [2.05, 4.69) is 5.32 Å². The average molecular weight is 390 g/mol. The van der Waals surface area contributed by atoms with Crippen molar-refractivity contribution in [2.75, 3.05) is 29.5 Å². The summed E-state index contributed by atoms with van der Waals surface area (Å²) in [5.41, 5.74) is 0.709. The van der Waals surface area contributed by atoms with Gasteiger partial charge in [0.15, 0.2) is 9.84 Å². The van der Waals surface area contributed by atoms with Crippen LogP contribution >= 0.6 is 11.8 Å². The number of anilines is 1. The number of hydrogen-bond donors (Lipinski definition) is 1. The van der Waals surface area contributed by atoms with E-state index >= 15 is 0 Å². The number of sulfone groups is 1. The fourth-order valence-corrected chi connectivity index (χ4v) is 4.71. The van der Waals surface area contributed by atoms with Crippen molar-refractivity contribution >= 4 is 39.1 Å². The van der Waals surface area contributed by atoms with Crippen molar-refractivity contribution in [1.29, 1.82) is 0 Å². The average Bonchev–Trinajstić information content (AvgIpc) is 2.65. The number of carbonyl (C=O) groups excluding carboxylic acids is 2. The fourth-order valence-electron chi connectivity index (χ4n) is 2.60. The number of para-hydroxylation sites is 1. The topological polar surface area (TPSA) is 83.6 Å². The Balaban J connectivity index is 1.57. The lowest BCUT2D eigenvalue weighted by Crippen LogP contribution is -2.44. The molecule has 1 aliphatic rings. The first-order valence-corrected chi connectivity index (χ1v) is 10.7. The molecule has 0 saturated heterocycles. The van der Waals surface area contributed by atoms with Gasteiger partial charge in [0.1, 0.15) is 6.54 Å². The Kier molecular flexibility index (Phi) is 5.63. The van der Waals surface area contributed by atoms with Crippen molar-refractivity contribution < 1.29 is 18.0 Å². The first-order valence-electron chi connectivity index (χ1n) is 8.04. The van der Waals surface area contributed by atoms with E-state index in [0.717, 1.165) is 4.90 Å². The van der Waals surface area contributed by atoms with Crippen LogP contribution in [0.3, 0.4) is 0 Å². The van der Waals surface area contributed by atoms with E-state index in [-0.39, 0.29) is 41.3 Å². The van der Waals surface area contributed by atoms with Gasteiger partial charge < -0.3 is 10.2 Å². The van der Waals surface area contributed by atoms with Crippen LogP contribution in [0, 0.1) is 0 Å². The van der Waals surface area contributed by atoms with Gasteiger partial charge >= 0.3 is 0 Å². The summed E-state index contributed by atoms with van der Waals surface area (Å²) in [6.07, 6.45) is 0. The van der Waals surface area contributed by atoms with Crippen molar-refractivity contribution in [2.45, 2.75) is 9.79 Å². The Morgan fingerprint density at radius 3 is 2.54 bits per heavy atom. The summed E-state index contributed by atoms with van der Waals surface area (Å²) in [4.78, 5) is 26.9. The van der Waals surface area contributed by atoms with Crippen LogP contribution in [0.25, 0.3) is 0 Å². The molecule has 0 radical (unpaired) electrons.